The fourth-order valence-electron chi connectivity index (χ4n) is 6.04. The van der Waals surface area contributed by atoms with Gasteiger partial charge >= 0.3 is 12.1 Å². The molecule has 2 heterocycles. The first-order valence-corrected chi connectivity index (χ1v) is 13.3. The van der Waals surface area contributed by atoms with E-state index < -0.39 is 53.3 Å². The quantitative estimate of drug-likeness (QED) is 0.422. The van der Waals surface area contributed by atoms with E-state index in [2.05, 4.69) is 10.4 Å². The fourth-order valence-corrected chi connectivity index (χ4v) is 6.04. The minimum absolute atomic E-state index is 0.0803. The van der Waals surface area contributed by atoms with E-state index in [-0.39, 0.29) is 42.5 Å². The van der Waals surface area contributed by atoms with Crippen molar-refractivity contribution in [1.82, 2.24) is 20.0 Å². The Morgan fingerprint density at radius 1 is 1.15 bits per heavy atom. The third-order valence-corrected chi connectivity index (χ3v) is 8.49. The molecular weight excluding hydrogens is 523 g/mol. The monoisotopic (exact) mass is 554 g/mol. The van der Waals surface area contributed by atoms with Crippen LogP contribution >= 0.6 is 0 Å². The molecule has 12 heteroatoms. The Morgan fingerprint density at radius 2 is 1.79 bits per heavy atom. The lowest BCUT2D eigenvalue weighted by atomic mass is 9.98. The van der Waals surface area contributed by atoms with E-state index in [0.29, 0.717) is 6.54 Å². The minimum Gasteiger partial charge on any atom is -0.481 e. The maximum atomic E-state index is 13.8. The summed E-state index contributed by atoms with van der Waals surface area (Å²) in [6.45, 7) is 2.25. The summed E-state index contributed by atoms with van der Waals surface area (Å²) in [6, 6.07) is 5.50. The lowest BCUT2D eigenvalue weighted by molar-refractivity contribution is -0.142. The van der Waals surface area contributed by atoms with Gasteiger partial charge in [-0.15, -0.1) is 0 Å². The number of amides is 1. The number of carbonyl (C=O) groups is 2. The summed E-state index contributed by atoms with van der Waals surface area (Å²) in [4.78, 5) is 26.9. The number of hydrogen-bond donors (Lipinski definition) is 2. The molecule has 1 aromatic carbocycles. The molecule has 1 amide bonds. The highest BCUT2D eigenvalue weighted by molar-refractivity contribution is 5.94. The molecule has 2 aliphatic carbocycles. The standard InChI is InChI=1S/C27H31F5N4O3/c1-15(25(38)39)21(10-11-35-13-19-20(14-35)26(19,28)29)33-24(37)22-12-23(36(34-22)16-6-2-3-7-16)17-8-4-5-9-18(17)27(30,31)32/h4-5,8-9,12,15-16,19-21H,2-3,6-7,10-11,13-14H2,1H3,(H,33,37)(H,38,39)/t15-,19?,20?,21+/m1/s1. The highest BCUT2D eigenvalue weighted by Gasteiger charge is 2.71. The van der Waals surface area contributed by atoms with Gasteiger partial charge in [-0.3, -0.25) is 14.3 Å². The number of rotatable bonds is 9. The van der Waals surface area contributed by atoms with Gasteiger partial charge in [0.15, 0.2) is 5.69 Å². The topological polar surface area (TPSA) is 87.5 Å². The maximum absolute atomic E-state index is 13.8. The second-order valence-corrected chi connectivity index (χ2v) is 11.0. The zero-order valence-electron chi connectivity index (χ0n) is 21.4. The number of carboxylic acid groups (broad SMARTS) is 1. The third kappa shape index (κ3) is 5.39. The molecule has 7 nitrogen and oxygen atoms in total. The van der Waals surface area contributed by atoms with Crippen LogP contribution in [-0.2, 0) is 11.0 Å². The predicted octanol–water partition coefficient (Wildman–Crippen LogP) is 5.09. The number of nitrogens with one attached hydrogen (secondary N) is 1. The summed E-state index contributed by atoms with van der Waals surface area (Å²) in [5.74, 6) is -6.76. The summed E-state index contributed by atoms with van der Waals surface area (Å²) >= 11 is 0. The second kappa shape index (κ2) is 10.2. The van der Waals surface area contributed by atoms with Crippen LogP contribution in [0.5, 0.6) is 0 Å². The van der Waals surface area contributed by atoms with Crippen molar-refractivity contribution in [3.63, 3.8) is 0 Å². The molecule has 2 aromatic rings. The number of halogens is 5. The van der Waals surface area contributed by atoms with Crippen molar-refractivity contribution in [3.8, 4) is 11.3 Å². The average Bonchev–Trinajstić information content (AvgIpc) is 3.49. The molecule has 1 aliphatic heterocycles. The number of nitrogens with zero attached hydrogens (tertiary/aromatic N) is 3. The van der Waals surface area contributed by atoms with Crippen LogP contribution in [-0.4, -0.2) is 63.3 Å². The van der Waals surface area contributed by atoms with Crippen molar-refractivity contribution in [3.05, 3.63) is 41.6 Å². The molecule has 0 radical (unpaired) electrons. The number of carbonyl (C=O) groups excluding carboxylic acids is 1. The molecule has 3 aliphatic rings. The first kappa shape index (κ1) is 27.5. The maximum Gasteiger partial charge on any atom is 0.417 e. The van der Waals surface area contributed by atoms with Crippen molar-refractivity contribution in [1.29, 1.82) is 0 Å². The van der Waals surface area contributed by atoms with Gasteiger partial charge in [0, 0.05) is 43.1 Å². The number of fused-ring (bicyclic) bond motifs is 1. The largest absolute Gasteiger partial charge is 0.481 e. The van der Waals surface area contributed by atoms with E-state index in [0.717, 1.165) is 31.7 Å². The first-order valence-electron chi connectivity index (χ1n) is 13.3. The van der Waals surface area contributed by atoms with Crippen molar-refractivity contribution in [2.45, 2.75) is 63.2 Å². The number of alkyl halides is 5. The van der Waals surface area contributed by atoms with Crippen LogP contribution in [0.15, 0.2) is 30.3 Å². The number of aromatic nitrogens is 2. The van der Waals surface area contributed by atoms with Crippen LogP contribution in [0.4, 0.5) is 22.0 Å². The Labute approximate surface area is 222 Å². The molecule has 1 aromatic heterocycles. The summed E-state index contributed by atoms with van der Waals surface area (Å²) in [6.07, 6.45) is -1.15. The highest BCUT2D eigenvalue weighted by atomic mass is 19.4. The second-order valence-electron chi connectivity index (χ2n) is 11.0. The molecule has 2 unspecified atom stereocenters. The number of benzene rings is 1. The molecule has 1 saturated heterocycles. The van der Waals surface area contributed by atoms with Crippen molar-refractivity contribution in [2.75, 3.05) is 19.6 Å². The zero-order valence-corrected chi connectivity index (χ0v) is 21.4. The van der Waals surface area contributed by atoms with Gasteiger partial charge in [0.2, 0.25) is 0 Å². The van der Waals surface area contributed by atoms with Gasteiger partial charge in [0.1, 0.15) is 0 Å². The van der Waals surface area contributed by atoms with E-state index in [1.807, 2.05) is 4.90 Å². The molecule has 212 valence electrons. The lowest BCUT2D eigenvalue weighted by Gasteiger charge is -2.26. The fraction of sp³-hybridized carbons (Fsp3) is 0.593. The van der Waals surface area contributed by atoms with Gasteiger partial charge in [-0.25, -0.2) is 8.78 Å². The van der Waals surface area contributed by atoms with Gasteiger partial charge in [-0.05, 0) is 38.3 Å². The molecule has 5 rings (SSSR count). The molecule has 0 bridgehead atoms. The van der Waals surface area contributed by atoms with Crippen LogP contribution in [0, 0.1) is 17.8 Å². The first-order chi connectivity index (χ1) is 18.4. The Morgan fingerprint density at radius 3 is 2.41 bits per heavy atom. The van der Waals surface area contributed by atoms with E-state index in [1.165, 1.54) is 35.9 Å². The number of carboxylic acids is 1. The lowest BCUT2D eigenvalue weighted by Crippen LogP contribution is -2.44. The molecule has 3 fully saturated rings. The van der Waals surface area contributed by atoms with E-state index in [4.69, 9.17) is 0 Å². The smallest absolute Gasteiger partial charge is 0.417 e. The average molecular weight is 555 g/mol. The third-order valence-electron chi connectivity index (χ3n) is 8.49. The van der Waals surface area contributed by atoms with E-state index >= 15 is 0 Å². The SMILES string of the molecule is C[C@@H](C(=O)O)[C@H](CCN1CC2C(C1)C2(F)F)NC(=O)c1cc(-c2ccccc2C(F)(F)F)n(C2CCCC2)n1. The van der Waals surface area contributed by atoms with Crippen molar-refractivity contribution in [2.24, 2.45) is 17.8 Å². The van der Waals surface area contributed by atoms with Crippen LogP contribution in [0.1, 0.15) is 61.1 Å². The Hall–Kier alpha value is -3.02. The number of likely N-dealkylation sites (tertiary alicyclic amines) is 1. The molecule has 39 heavy (non-hydrogen) atoms. The van der Waals surface area contributed by atoms with Crippen LogP contribution < -0.4 is 5.32 Å². The predicted molar refractivity (Wildman–Crippen MR) is 131 cm³/mol. The minimum atomic E-state index is -4.61. The molecule has 0 spiro atoms. The highest BCUT2D eigenvalue weighted by Crippen LogP contribution is 2.59. The Kier molecular flexibility index (Phi) is 7.19. The van der Waals surface area contributed by atoms with Gasteiger partial charge in [0.25, 0.3) is 11.8 Å². The normalized spacial score (nSPS) is 24.4. The van der Waals surface area contributed by atoms with Crippen LogP contribution in [0.2, 0.25) is 0 Å². The van der Waals surface area contributed by atoms with Crippen molar-refractivity contribution >= 4 is 11.9 Å². The van der Waals surface area contributed by atoms with E-state index in [9.17, 15) is 36.6 Å². The number of aliphatic carboxylic acids is 1. The molecule has 4 atom stereocenters. The molecule has 2 saturated carbocycles. The summed E-state index contributed by atoms with van der Waals surface area (Å²) in [5, 5.41) is 16.7. The van der Waals surface area contributed by atoms with Crippen LogP contribution in [0.3, 0.4) is 0 Å². The summed E-state index contributed by atoms with van der Waals surface area (Å²) in [5.41, 5.74) is -0.829. The Balaban J connectivity index is 1.37. The number of hydrogen-bond acceptors (Lipinski definition) is 4. The molecular formula is C27H31F5N4O3. The van der Waals surface area contributed by atoms with Gasteiger partial charge in [0.05, 0.1) is 23.2 Å². The Bertz CT molecular complexity index is 1230. The molecule has 2 N–H and O–H groups in total. The van der Waals surface area contributed by atoms with Gasteiger partial charge in [-0.2, -0.15) is 18.3 Å². The van der Waals surface area contributed by atoms with E-state index in [1.54, 1.807) is 0 Å². The van der Waals surface area contributed by atoms with Gasteiger partial charge in [-0.1, -0.05) is 31.0 Å². The van der Waals surface area contributed by atoms with Crippen molar-refractivity contribution < 1.29 is 36.6 Å². The zero-order chi connectivity index (χ0) is 28.1. The summed E-state index contributed by atoms with van der Waals surface area (Å²) in [7, 11) is 0. The number of piperidine rings is 1. The summed E-state index contributed by atoms with van der Waals surface area (Å²) < 4.78 is 70.0. The van der Waals surface area contributed by atoms with Gasteiger partial charge < -0.3 is 15.3 Å². The van der Waals surface area contributed by atoms with Crippen LogP contribution in [0.25, 0.3) is 11.3 Å².